The van der Waals surface area contributed by atoms with Gasteiger partial charge in [0.15, 0.2) is 0 Å². The summed E-state index contributed by atoms with van der Waals surface area (Å²) >= 11 is 17.9. The van der Waals surface area contributed by atoms with Crippen molar-refractivity contribution in [2.75, 3.05) is 5.32 Å². The van der Waals surface area contributed by atoms with Crippen molar-refractivity contribution in [3.63, 3.8) is 0 Å². The van der Waals surface area contributed by atoms with Gasteiger partial charge in [-0.15, -0.1) is 0 Å². The van der Waals surface area contributed by atoms with Crippen molar-refractivity contribution in [1.82, 2.24) is 0 Å². The lowest BCUT2D eigenvalue weighted by molar-refractivity contribution is -0.111. The fourth-order valence-electron chi connectivity index (χ4n) is 1.81. The van der Waals surface area contributed by atoms with Gasteiger partial charge < -0.3 is 11.1 Å². The van der Waals surface area contributed by atoms with E-state index in [9.17, 15) is 9.59 Å². The number of hydrogen-bond acceptors (Lipinski definition) is 2. The van der Waals surface area contributed by atoms with Gasteiger partial charge in [-0.3, -0.25) is 9.59 Å². The number of amides is 2. The molecule has 0 radical (unpaired) electrons. The normalized spacial score (nSPS) is 10.7. The number of nitrogens with one attached hydrogen (secondary N) is 1. The summed E-state index contributed by atoms with van der Waals surface area (Å²) in [7, 11) is 0. The number of primary amides is 1. The maximum absolute atomic E-state index is 11.9. The standard InChI is InChI=1S/C16H11Cl3N2O2/c17-12-2-1-3-13(18)10(12)6-7-15(22)21-9-4-5-11(16(20)23)14(19)8-9/h1-8H,(H2,20,23)(H,21,22)/b7-6+. The molecule has 118 valence electrons. The highest BCUT2D eigenvalue weighted by molar-refractivity contribution is 6.37. The summed E-state index contributed by atoms with van der Waals surface area (Å²) in [6.07, 6.45) is 2.81. The van der Waals surface area contributed by atoms with Crippen LogP contribution in [0, 0.1) is 0 Å². The van der Waals surface area contributed by atoms with Gasteiger partial charge in [-0.25, -0.2) is 0 Å². The number of anilines is 1. The first-order chi connectivity index (χ1) is 10.9. The molecule has 0 spiro atoms. The van der Waals surface area contributed by atoms with Gasteiger partial charge in [0.1, 0.15) is 0 Å². The summed E-state index contributed by atoms with van der Waals surface area (Å²) in [5.41, 5.74) is 6.32. The van der Waals surface area contributed by atoms with Crippen LogP contribution in [0.1, 0.15) is 15.9 Å². The Balaban J connectivity index is 2.12. The molecule has 2 rings (SSSR count). The van der Waals surface area contributed by atoms with E-state index in [1.807, 2.05) is 0 Å². The number of carbonyl (C=O) groups excluding carboxylic acids is 2. The third-order valence-electron chi connectivity index (χ3n) is 2.90. The van der Waals surface area contributed by atoms with Gasteiger partial charge in [0, 0.05) is 27.4 Å². The van der Waals surface area contributed by atoms with E-state index in [-0.39, 0.29) is 10.6 Å². The molecule has 2 aromatic carbocycles. The van der Waals surface area contributed by atoms with Crippen molar-refractivity contribution in [1.29, 1.82) is 0 Å². The molecule has 0 aliphatic carbocycles. The Morgan fingerprint density at radius 3 is 2.22 bits per heavy atom. The Bertz CT molecular complexity index is 784. The first kappa shape index (κ1) is 17.3. The van der Waals surface area contributed by atoms with Crippen LogP contribution in [0.3, 0.4) is 0 Å². The smallest absolute Gasteiger partial charge is 0.250 e. The number of nitrogens with two attached hydrogens (primary N) is 1. The molecule has 0 saturated carbocycles. The van der Waals surface area contributed by atoms with Crippen LogP contribution in [0.4, 0.5) is 5.69 Å². The minimum atomic E-state index is -0.638. The van der Waals surface area contributed by atoms with Crippen LogP contribution in [0.2, 0.25) is 15.1 Å². The van der Waals surface area contributed by atoms with Gasteiger partial charge in [-0.05, 0) is 36.4 Å². The largest absolute Gasteiger partial charge is 0.366 e. The van der Waals surface area contributed by atoms with Gasteiger partial charge in [0.05, 0.1) is 10.6 Å². The van der Waals surface area contributed by atoms with Crippen LogP contribution in [0.25, 0.3) is 6.08 Å². The maximum Gasteiger partial charge on any atom is 0.250 e. The molecule has 0 bridgehead atoms. The predicted octanol–water partition coefficient (Wildman–Crippen LogP) is 4.40. The van der Waals surface area contributed by atoms with Crippen LogP contribution in [0.15, 0.2) is 42.5 Å². The third-order valence-corrected chi connectivity index (χ3v) is 3.88. The summed E-state index contributed by atoms with van der Waals surface area (Å²) in [5.74, 6) is -1.04. The molecule has 0 fully saturated rings. The summed E-state index contributed by atoms with van der Waals surface area (Å²) < 4.78 is 0. The van der Waals surface area contributed by atoms with Crippen LogP contribution in [-0.2, 0) is 4.79 Å². The number of carbonyl (C=O) groups is 2. The molecule has 0 aliphatic heterocycles. The van der Waals surface area contributed by atoms with Crippen molar-refractivity contribution in [2.45, 2.75) is 0 Å². The summed E-state index contributed by atoms with van der Waals surface area (Å²) in [4.78, 5) is 23.0. The molecule has 23 heavy (non-hydrogen) atoms. The molecule has 0 aliphatic rings. The molecule has 7 heteroatoms. The first-order valence-electron chi connectivity index (χ1n) is 6.41. The molecular weight excluding hydrogens is 359 g/mol. The number of hydrogen-bond donors (Lipinski definition) is 2. The molecule has 4 nitrogen and oxygen atoms in total. The fraction of sp³-hybridized carbons (Fsp3) is 0. The molecule has 2 amide bonds. The fourth-order valence-corrected chi connectivity index (χ4v) is 2.60. The number of rotatable bonds is 4. The van der Waals surface area contributed by atoms with E-state index in [2.05, 4.69) is 5.32 Å². The van der Waals surface area contributed by atoms with E-state index in [0.29, 0.717) is 21.3 Å². The Kier molecular flexibility index (Phi) is 5.66. The van der Waals surface area contributed by atoms with E-state index in [4.69, 9.17) is 40.5 Å². The first-order valence-corrected chi connectivity index (χ1v) is 7.54. The van der Waals surface area contributed by atoms with E-state index >= 15 is 0 Å². The monoisotopic (exact) mass is 368 g/mol. The molecule has 3 N–H and O–H groups in total. The Morgan fingerprint density at radius 1 is 1.00 bits per heavy atom. The average Bonchev–Trinajstić information content (AvgIpc) is 2.46. The zero-order valence-electron chi connectivity index (χ0n) is 11.6. The van der Waals surface area contributed by atoms with E-state index in [1.54, 1.807) is 18.2 Å². The van der Waals surface area contributed by atoms with Crippen molar-refractivity contribution in [2.24, 2.45) is 5.73 Å². The van der Waals surface area contributed by atoms with Gasteiger partial charge in [-0.2, -0.15) is 0 Å². The zero-order valence-corrected chi connectivity index (χ0v) is 13.9. The highest BCUT2D eigenvalue weighted by Gasteiger charge is 2.08. The van der Waals surface area contributed by atoms with E-state index in [0.717, 1.165) is 0 Å². The van der Waals surface area contributed by atoms with Crippen LogP contribution in [-0.4, -0.2) is 11.8 Å². The summed E-state index contributed by atoms with van der Waals surface area (Å²) in [5, 5.41) is 3.65. The molecule has 0 unspecified atom stereocenters. The van der Waals surface area contributed by atoms with Crippen molar-refractivity contribution in [3.8, 4) is 0 Å². The third kappa shape index (κ3) is 4.48. The molecule has 0 aromatic heterocycles. The van der Waals surface area contributed by atoms with Gasteiger partial charge in [0.25, 0.3) is 0 Å². The van der Waals surface area contributed by atoms with E-state index in [1.165, 1.54) is 30.4 Å². The minimum absolute atomic E-state index is 0.161. The Morgan fingerprint density at radius 2 is 1.65 bits per heavy atom. The second kappa shape index (κ2) is 7.51. The number of benzene rings is 2. The van der Waals surface area contributed by atoms with E-state index < -0.39 is 11.8 Å². The van der Waals surface area contributed by atoms with Crippen molar-refractivity contribution < 1.29 is 9.59 Å². The lowest BCUT2D eigenvalue weighted by atomic mass is 10.2. The van der Waals surface area contributed by atoms with Gasteiger partial charge >= 0.3 is 0 Å². The summed E-state index contributed by atoms with van der Waals surface area (Å²) in [6.45, 7) is 0. The molecule has 0 atom stereocenters. The highest BCUT2D eigenvalue weighted by Crippen LogP contribution is 2.25. The zero-order chi connectivity index (χ0) is 17.0. The van der Waals surface area contributed by atoms with Crippen molar-refractivity contribution >= 4 is 58.4 Å². The Labute approximate surface area is 147 Å². The Hall–Kier alpha value is -2.01. The summed E-state index contributed by atoms with van der Waals surface area (Å²) in [6, 6.07) is 9.47. The molecule has 0 heterocycles. The van der Waals surface area contributed by atoms with Gasteiger partial charge in [-0.1, -0.05) is 40.9 Å². The average molecular weight is 370 g/mol. The lowest BCUT2D eigenvalue weighted by Gasteiger charge is -2.05. The quantitative estimate of drug-likeness (QED) is 0.784. The van der Waals surface area contributed by atoms with Crippen LogP contribution in [0.5, 0.6) is 0 Å². The number of halogens is 3. The predicted molar refractivity (Wildman–Crippen MR) is 94.1 cm³/mol. The highest BCUT2D eigenvalue weighted by atomic mass is 35.5. The van der Waals surface area contributed by atoms with Gasteiger partial charge in [0.2, 0.25) is 11.8 Å². The van der Waals surface area contributed by atoms with Crippen LogP contribution >= 0.6 is 34.8 Å². The lowest BCUT2D eigenvalue weighted by Crippen LogP contribution is -2.12. The van der Waals surface area contributed by atoms with Crippen LogP contribution < -0.4 is 11.1 Å². The maximum atomic E-state index is 11.9. The van der Waals surface area contributed by atoms with Crippen molar-refractivity contribution in [3.05, 3.63) is 68.7 Å². The second-order valence-electron chi connectivity index (χ2n) is 4.52. The minimum Gasteiger partial charge on any atom is -0.366 e. The topological polar surface area (TPSA) is 72.2 Å². The second-order valence-corrected chi connectivity index (χ2v) is 5.74. The molecule has 0 saturated heterocycles. The SMILES string of the molecule is NC(=O)c1ccc(NC(=O)/C=C/c2c(Cl)cccc2Cl)cc1Cl. The molecular formula is C16H11Cl3N2O2. The molecule has 2 aromatic rings.